The minimum atomic E-state index is -0.275. The Morgan fingerprint density at radius 1 is 1.02 bits per heavy atom. The van der Waals surface area contributed by atoms with Crippen LogP contribution in [0, 0.1) is 0 Å². The van der Waals surface area contributed by atoms with Gasteiger partial charge in [-0.2, -0.15) is 0 Å². The highest BCUT2D eigenvalue weighted by molar-refractivity contribution is 6.02. The molecule has 0 bridgehead atoms. The average Bonchev–Trinajstić information content (AvgIpc) is 3.54. The van der Waals surface area contributed by atoms with E-state index in [4.69, 9.17) is 14.3 Å². The van der Waals surface area contributed by atoms with Crippen molar-refractivity contribution in [2.45, 2.75) is 37.8 Å². The number of piperazine rings is 1. The molecule has 1 amide bonds. The number of amides is 1. The van der Waals surface area contributed by atoms with E-state index in [9.17, 15) is 4.79 Å². The Morgan fingerprint density at radius 3 is 2.57 bits per heavy atom. The number of hydrogen-bond acceptors (Lipinski definition) is 10. The summed E-state index contributed by atoms with van der Waals surface area (Å²) >= 11 is 0. The first kappa shape index (κ1) is 29.9. The largest absolute Gasteiger partial charge is 0.494 e. The zero-order valence-electron chi connectivity index (χ0n) is 25.3. The molecule has 3 aromatic rings. The van der Waals surface area contributed by atoms with Crippen LogP contribution in [-0.2, 0) is 20.8 Å². The summed E-state index contributed by atoms with van der Waals surface area (Å²) in [5.41, 5.74) is 3.51. The highest BCUT2D eigenvalue weighted by Gasteiger charge is 2.29. The van der Waals surface area contributed by atoms with Gasteiger partial charge in [0.15, 0.2) is 5.82 Å². The number of nitrogens with zero attached hydrogens (tertiary/aromatic N) is 5. The van der Waals surface area contributed by atoms with Gasteiger partial charge in [0.1, 0.15) is 17.9 Å². The lowest BCUT2D eigenvalue weighted by Crippen LogP contribution is -2.51. The number of hydrogen-bond donors (Lipinski definition) is 2. The van der Waals surface area contributed by atoms with E-state index in [0.717, 1.165) is 70.8 Å². The molecule has 44 heavy (non-hydrogen) atoms. The summed E-state index contributed by atoms with van der Waals surface area (Å²) in [4.78, 5) is 32.3. The fraction of sp³-hybridized carbons (Fsp3) is 0.424. The van der Waals surface area contributed by atoms with Crippen molar-refractivity contribution in [1.29, 1.82) is 0 Å². The monoisotopic (exact) mass is 599 g/mol. The molecular weight excluding hydrogens is 558 g/mol. The first-order valence-corrected chi connectivity index (χ1v) is 15.4. The van der Waals surface area contributed by atoms with Crippen molar-refractivity contribution in [3.8, 4) is 5.75 Å². The number of carbonyl (C=O) groups excluding carboxylic acids is 1. The third-order valence-corrected chi connectivity index (χ3v) is 8.59. The molecule has 3 aliphatic heterocycles. The van der Waals surface area contributed by atoms with Gasteiger partial charge >= 0.3 is 0 Å². The Labute approximate surface area is 258 Å². The predicted octanol–water partition coefficient (Wildman–Crippen LogP) is 4.41. The smallest absolute Gasteiger partial charge is 0.247 e. The second-order valence-corrected chi connectivity index (χ2v) is 11.3. The molecule has 0 spiro atoms. The number of anilines is 5. The number of carbonyl (C=O) groups is 1. The van der Waals surface area contributed by atoms with Gasteiger partial charge in [-0.05, 0) is 43.4 Å². The van der Waals surface area contributed by atoms with Gasteiger partial charge < -0.3 is 25.0 Å². The van der Waals surface area contributed by atoms with Crippen molar-refractivity contribution in [1.82, 2.24) is 14.9 Å². The van der Waals surface area contributed by atoms with Crippen LogP contribution in [0.4, 0.5) is 28.7 Å². The summed E-state index contributed by atoms with van der Waals surface area (Å²) in [5.74, 6) is 1.63. The van der Waals surface area contributed by atoms with E-state index in [1.807, 2.05) is 29.3 Å². The molecule has 6 rings (SSSR count). The standard InChI is InChI=1S/C33H41N7O4/c1-3-33(41)37-27-20-28(30(42-2)21-29(27)39-14-12-38(13-15-39)25-9-16-43-17-10-25)36-31-22-32(35-23-34-31)40-26(11-18-44-40)19-24-7-5-4-6-8-24/h3-8,20-23,25-26H,1,9-19H2,2H3,(H,37,41)(H,34,35,36)/t26-/m1/s1. The third kappa shape index (κ3) is 6.96. The maximum atomic E-state index is 12.5. The number of ether oxygens (including phenoxy) is 2. The lowest BCUT2D eigenvalue weighted by atomic mass is 10.0. The van der Waals surface area contributed by atoms with Gasteiger partial charge in [-0.3, -0.25) is 14.5 Å². The number of rotatable bonds is 10. The maximum Gasteiger partial charge on any atom is 0.247 e. The van der Waals surface area contributed by atoms with Gasteiger partial charge in [0.25, 0.3) is 0 Å². The van der Waals surface area contributed by atoms with Crippen molar-refractivity contribution in [2.24, 2.45) is 0 Å². The van der Waals surface area contributed by atoms with E-state index in [-0.39, 0.29) is 11.9 Å². The molecule has 11 heteroatoms. The molecule has 0 saturated carbocycles. The second kappa shape index (κ2) is 14.1. The molecule has 0 unspecified atom stereocenters. The molecule has 3 saturated heterocycles. The molecule has 3 aliphatic rings. The zero-order valence-corrected chi connectivity index (χ0v) is 25.3. The fourth-order valence-corrected chi connectivity index (χ4v) is 6.27. The minimum Gasteiger partial charge on any atom is -0.494 e. The van der Waals surface area contributed by atoms with Crippen molar-refractivity contribution in [3.63, 3.8) is 0 Å². The molecule has 1 aromatic heterocycles. The van der Waals surface area contributed by atoms with Crippen LogP contribution in [0.25, 0.3) is 0 Å². The molecule has 11 nitrogen and oxygen atoms in total. The maximum absolute atomic E-state index is 12.5. The van der Waals surface area contributed by atoms with Crippen molar-refractivity contribution in [3.05, 3.63) is 73.1 Å². The number of methoxy groups -OCH3 is 1. The molecule has 2 N–H and O–H groups in total. The van der Waals surface area contributed by atoms with Crippen LogP contribution in [0.15, 0.2) is 67.5 Å². The van der Waals surface area contributed by atoms with Crippen LogP contribution in [-0.4, -0.2) is 86.0 Å². The highest BCUT2D eigenvalue weighted by Crippen LogP contribution is 2.39. The van der Waals surface area contributed by atoms with Crippen molar-refractivity contribution in [2.75, 3.05) is 73.7 Å². The SMILES string of the molecule is C=CC(=O)Nc1cc(Nc2cc(N3OCC[C@@H]3Cc3ccccc3)ncn2)c(OC)cc1N1CCN(C2CCOCC2)CC1. The molecule has 2 aromatic carbocycles. The minimum absolute atomic E-state index is 0.168. The molecule has 232 valence electrons. The van der Waals surface area contributed by atoms with Gasteiger partial charge in [0.2, 0.25) is 5.91 Å². The van der Waals surface area contributed by atoms with Gasteiger partial charge in [-0.15, -0.1) is 0 Å². The lowest BCUT2D eigenvalue weighted by molar-refractivity contribution is -0.111. The van der Waals surface area contributed by atoms with E-state index >= 15 is 0 Å². The van der Waals surface area contributed by atoms with Crippen LogP contribution in [0.3, 0.4) is 0 Å². The Bertz CT molecular complexity index is 1420. The van der Waals surface area contributed by atoms with E-state index in [1.165, 1.54) is 18.0 Å². The summed E-state index contributed by atoms with van der Waals surface area (Å²) in [6.45, 7) is 9.55. The lowest BCUT2D eigenvalue weighted by Gasteiger charge is -2.42. The van der Waals surface area contributed by atoms with Crippen molar-refractivity contribution < 1.29 is 19.1 Å². The van der Waals surface area contributed by atoms with E-state index in [2.05, 4.69) is 61.2 Å². The Hall–Kier alpha value is -4.19. The second-order valence-electron chi connectivity index (χ2n) is 11.3. The Kier molecular flexibility index (Phi) is 9.55. The van der Waals surface area contributed by atoms with Crippen LogP contribution in [0.1, 0.15) is 24.8 Å². The Morgan fingerprint density at radius 2 is 1.82 bits per heavy atom. The van der Waals surface area contributed by atoms with Crippen LogP contribution >= 0.6 is 0 Å². The average molecular weight is 600 g/mol. The fourth-order valence-electron chi connectivity index (χ4n) is 6.27. The van der Waals surface area contributed by atoms with E-state index < -0.39 is 0 Å². The first-order valence-electron chi connectivity index (χ1n) is 15.4. The van der Waals surface area contributed by atoms with Gasteiger partial charge in [0.05, 0.1) is 36.8 Å². The van der Waals surface area contributed by atoms with Gasteiger partial charge in [-0.25, -0.2) is 15.0 Å². The number of nitrogens with one attached hydrogen (secondary N) is 2. The topological polar surface area (TPSA) is 104 Å². The number of hydroxylamine groups is 1. The predicted molar refractivity (Wildman–Crippen MR) is 172 cm³/mol. The van der Waals surface area contributed by atoms with Crippen molar-refractivity contribution >= 4 is 34.6 Å². The number of benzene rings is 2. The van der Waals surface area contributed by atoms with Gasteiger partial charge in [0, 0.05) is 57.6 Å². The molecule has 3 fully saturated rings. The summed E-state index contributed by atoms with van der Waals surface area (Å²) in [7, 11) is 1.65. The van der Waals surface area contributed by atoms with Crippen LogP contribution in [0.5, 0.6) is 5.75 Å². The molecule has 4 heterocycles. The summed E-state index contributed by atoms with van der Waals surface area (Å²) < 4.78 is 11.4. The summed E-state index contributed by atoms with van der Waals surface area (Å²) in [6.07, 6.45) is 6.74. The zero-order chi connectivity index (χ0) is 30.3. The highest BCUT2D eigenvalue weighted by atomic mass is 16.7. The van der Waals surface area contributed by atoms with E-state index in [1.54, 1.807) is 7.11 Å². The summed E-state index contributed by atoms with van der Waals surface area (Å²) in [5, 5.41) is 8.28. The third-order valence-electron chi connectivity index (χ3n) is 8.59. The first-order chi connectivity index (χ1) is 21.6. The Balaban J connectivity index is 1.21. The molecule has 1 atom stereocenters. The van der Waals surface area contributed by atoms with Crippen LogP contribution in [0.2, 0.25) is 0 Å². The molecule has 0 aliphatic carbocycles. The quantitative estimate of drug-likeness (QED) is 0.326. The molecular formula is C33H41N7O4. The molecule has 0 radical (unpaired) electrons. The van der Waals surface area contributed by atoms with E-state index in [0.29, 0.717) is 41.4 Å². The normalized spacial score (nSPS) is 19.5. The van der Waals surface area contributed by atoms with Gasteiger partial charge in [-0.1, -0.05) is 36.9 Å². The number of aromatic nitrogens is 2. The van der Waals surface area contributed by atoms with Crippen LogP contribution < -0.4 is 25.3 Å². The summed E-state index contributed by atoms with van der Waals surface area (Å²) in [6, 6.07) is 16.9.